The molecular weight excluding hydrogens is 434 g/mol. The molecule has 1 aromatic heterocycles. The summed E-state index contributed by atoms with van der Waals surface area (Å²) in [6.07, 6.45) is 9.19. The third-order valence-electron chi connectivity index (χ3n) is 6.81. The predicted molar refractivity (Wildman–Crippen MR) is 141 cm³/mol. The van der Waals surface area contributed by atoms with Crippen LogP contribution < -0.4 is 10.1 Å². The third kappa shape index (κ3) is 5.95. The van der Waals surface area contributed by atoms with Crippen LogP contribution >= 0.6 is 0 Å². The number of ether oxygens (including phenoxy) is 1. The first kappa shape index (κ1) is 24.6. The molecule has 1 heterocycles. The number of nitriles is 1. The Kier molecular flexibility index (Phi) is 7.92. The van der Waals surface area contributed by atoms with Crippen molar-refractivity contribution in [3.63, 3.8) is 0 Å². The summed E-state index contributed by atoms with van der Waals surface area (Å²) in [5.74, 6) is 1.04. The number of benzene rings is 2. The minimum atomic E-state index is -0.278. The van der Waals surface area contributed by atoms with Crippen LogP contribution in [0.5, 0.6) is 5.75 Å². The summed E-state index contributed by atoms with van der Waals surface area (Å²) < 4.78 is 8.35. The molecule has 0 bridgehead atoms. The van der Waals surface area contributed by atoms with E-state index in [0.717, 1.165) is 47.9 Å². The summed E-state index contributed by atoms with van der Waals surface area (Å²) in [6.45, 7) is 7.61. The largest absolute Gasteiger partial charge is 0.491 e. The van der Waals surface area contributed by atoms with Gasteiger partial charge >= 0.3 is 0 Å². The van der Waals surface area contributed by atoms with Crippen LogP contribution in [0.3, 0.4) is 0 Å². The maximum atomic E-state index is 12.8. The number of nitrogens with one attached hydrogen (secondary N) is 1. The summed E-state index contributed by atoms with van der Waals surface area (Å²) in [5.41, 5.74) is 4.46. The fourth-order valence-corrected chi connectivity index (χ4v) is 4.89. The molecule has 0 unspecified atom stereocenters. The second-order valence-electron chi connectivity index (χ2n) is 9.82. The van der Waals surface area contributed by atoms with Gasteiger partial charge in [-0.05, 0) is 55.0 Å². The van der Waals surface area contributed by atoms with Crippen LogP contribution in [0.1, 0.15) is 68.6 Å². The van der Waals surface area contributed by atoms with E-state index in [1.165, 1.54) is 17.5 Å². The number of rotatable bonds is 8. The Balaban J connectivity index is 1.53. The normalized spacial score (nSPS) is 14.8. The quantitative estimate of drug-likeness (QED) is 0.302. The van der Waals surface area contributed by atoms with E-state index in [9.17, 15) is 10.1 Å². The smallest absolute Gasteiger partial charge is 0.262 e. The minimum Gasteiger partial charge on any atom is -0.491 e. The first-order valence-electron chi connectivity index (χ1n) is 12.7. The zero-order chi connectivity index (χ0) is 24.8. The van der Waals surface area contributed by atoms with Gasteiger partial charge in [-0.1, -0.05) is 63.4 Å². The van der Waals surface area contributed by atoms with E-state index in [-0.39, 0.29) is 17.5 Å². The van der Waals surface area contributed by atoms with Crippen LogP contribution in [0.2, 0.25) is 0 Å². The van der Waals surface area contributed by atoms with Gasteiger partial charge in [0.15, 0.2) is 0 Å². The van der Waals surface area contributed by atoms with Crippen molar-refractivity contribution in [3.8, 4) is 11.8 Å². The van der Waals surface area contributed by atoms with Gasteiger partial charge in [-0.15, -0.1) is 0 Å². The number of para-hydroxylation sites is 1. The van der Waals surface area contributed by atoms with E-state index in [1.807, 2.05) is 24.4 Å². The number of hydrogen-bond acceptors (Lipinski definition) is 3. The molecule has 5 nitrogen and oxygen atoms in total. The van der Waals surface area contributed by atoms with E-state index >= 15 is 0 Å². The van der Waals surface area contributed by atoms with Gasteiger partial charge in [0.2, 0.25) is 0 Å². The van der Waals surface area contributed by atoms with Crippen molar-refractivity contribution in [1.82, 2.24) is 9.88 Å². The molecule has 1 aliphatic rings. The molecule has 1 aliphatic carbocycles. The van der Waals surface area contributed by atoms with E-state index in [4.69, 9.17) is 4.74 Å². The molecule has 1 amide bonds. The van der Waals surface area contributed by atoms with Crippen LogP contribution in [-0.2, 0) is 11.3 Å². The molecule has 2 aromatic carbocycles. The van der Waals surface area contributed by atoms with Crippen LogP contribution in [0.4, 0.5) is 0 Å². The second-order valence-corrected chi connectivity index (χ2v) is 9.82. The molecular formula is C30H35N3O2. The van der Waals surface area contributed by atoms with Gasteiger partial charge in [0, 0.05) is 28.7 Å². The molecule has 4 rings (SSSR count). The Morgan fingerprint density at radius 2 is 1.97 bits per heavy atom. The molecule has 1 fully saturated rings. The van der Waals surface area contributed by atoms with Gasteiger partial charge in [0.25, 0.3) is 5.91 Å². The lowest BCUT2D eigenvalue weighted by Gasteiger charge is -2.22. The lowest BCUT2D eigenvalue weighted by atomic mass is 9.95. The number of amides is 1. The highest BCUT2D eigenvalue weighted by atomic mass is 16.5. The second kappa shape index (κ2) is 11.3. The maximum Gasteiger partial charge on any atom is 0.262 e. The number of carbonyl (C=O) groups is 1. The molecule has 182 valence electrons. The average Bonchev–Trinajstić information content (AvgIpc) is 3.20. The van der Waals surface area contributed by atoms with Crippen molar-refractivity contribution >= 4 is 22.9 Å². The fraction of sp³-hybridized carbons (Fsp3) is 0.400. The highest BCUT2D eigenvalue weighted by Gasteiger charge is 2.19. The summed E-state index contributed by atoms with van der Waals surface area (Å²) in [5, 5.41) is 13.8. The molecule has 1 saturated carbocycles. The third-order valence-corrected chi connectivity index (χ3v) is 6.81. The Morgan fingerprint density at radius 3 is 2.71 bits per heavy atom. The van der Waals surface area contributed by atoms with E-state index in [1.54, 1.807) is 6.08 Å². The van der Waals surface area contributed by atoms with Gasteiger partial charge in [-0.25, -0.2) is 0 Å². The van der Waals surface area contributed by atoms with E-state index < -0.39 is 0 Å². The van der Waals surface area contributed by atoms with Crippen molar-refractivity contribution < 1.29 is 9.53 Å². The first-order valence-corrected chi connectivity index (χ1v) is 12.7. The van der Waals surface area contributed by atoms with Crippen molar-refractivity contribution in [2.45, 2.75) is 71.4 Å². The molecule has 0 spiro atoms. The highest BCUT2D eigenvalue weighted by Crippen LogP contribution is 2.28. The zero-order valence-electron chi connectivity index (χ0n) is 21.0. The molecule has 1 N–H and O–H groups in total. The lowest BCUT2D eigenvalue weighted by Crippen LogP contribution is -2.36. The van der Waals surface area contributed by atoms with Crippen molar-refractivity contribution in [2.24, 2.45) is 0 Å². The van der Waals surface area contributed by atoms with Gasteiger partial charge in [-0.3, -0.25) is 4.79 Å². The van der Waals surface area contributed by atoms with Crippen LogP contribution in [0.25, 0.3) is 17.0 Å². The Hall–Kier alpha value is -3.52. The highest BCUT2D eigenvalue weighted by molar-refractivity contribution is 6.04. The lowest BCUT2D eigenvalue weighted by molar-refractivity contribution is -0.117. The topological polar surface area (TPSA) is 67.0 Å². The van der Waals surface area contributed by atoms with E-state index in [2.05, 4.69) is 61.0 Å². The molecule has 0 saturated heterocycles. The van der Waals surface area contributed by atoms with Crippen molar-refractivity contribution in [3.05, 3.63) is 70.9 Å². The molecule has 0 radical (unpaired) electrons. The van der Waals surface area contributed by atoms with Gasteiger partial charge in [0.1, 0.15) is 24.0 Å². The first-order chi connectivity index (χ1) is 17.0. The number of fused-ring (bicyclic) bond motifs is 1. The van der Waals surface area contributed by atoms with Gasteiger partial charge in [0.05, 0.1) is 6.54 Å². The molecule has 0 aliphatic heterocycles. The average molecular weight is 470 g/mol. The van der Waals surface area contributed by atoms with Crippen LogP contribution in [0.15, 0.2) is 54.2 Å². The fourth-order valence-electron chi connectivity index (χ4n) is 4.89. The summed E-state index contributed by atoms with van der Waals surface area (Å²) in [6, 6.07) is 16.7. The molecule has 3 aromatic rings. The van der Waals surface area contributed by atoms with Gasteiger partial charge < -0.3 is 14.6 Å². The molecule has 35 heavy (non-hydrogen) atoms. The summed E-state index contributed by atoms with van der Waals surface area (Å²) in [4.78, 5) is 12.8. The number of aryl methyl sites for hydroxylation is 1. The summed E-state index contributed by atoms with van der Waals surface area (Å²) >= 11 is 0. The maximum absolute atomic E-state index is 12.8. The number of aromatic nitrogens is 1. The molecule has 0 atom stereocenters. The van der Waals surface area contributed by atoms with Crippen LogP contribution in [0, 0.1) is 18.3 Å². The summed E-state index contributed by atoms with van der Waals surface area (Å²) in [7, 11) is 0. The predicted octanol–water partition coefficient (Wildman–Crippen LogP) is 6.51. The monoisotopic (exact) mass is 469 g/mol. The number of carbonyl (C=O) groups excluding carboxylic acids is 1. The minimum absolute atomic E-state index is 0.149. The standard InChI is InChI=1S/C30H35N3O2/c1-21(2)26-14-13-22(3)17-29(26)35-16-15-33-20-24(27-11-7-8-12-28(27)33)18-23(19-31)30(34)32-25-9-5-4-6-10-25/h7-8,11-14,17-18,20-21,25H,4-6,9-10,15-16H2,1-3H3,(H,32,34)/b23-18+. The Labute approximate surface area is 208 Å². The Bertz CT molecular complexity index is 1260. The number of hydrogen-bond donors (Lipinski definition) is 1. The zero-order valence-corrected chi connectivity index (χ0v) is 21.0. The Morgan fingerprint density at radius 1 is 1.20 bits per heavy atom. The van der Waals surface area contributed by atoms with Crippen LogP contribution in [-0.4, -0.2) is 23.1 Å². The van der Waals surface area contributed by atoms with Crippen molar-refractivity contribution in [1.29, 1.82) is 5.26 Å². The number of nitrogens with zero attached hydrogens (tertiary/aromatic N) is 2. The van der Waals surface area contributed by atoms with Gasteiger partial charge in [-0.2, -0.15) is 5.26 Å². The molecule has 5 heteroatoms. The SMILES string of the molecule is Cc1ccc(C(C)C)c(OCCn2cc(/C=C(\C#N)C(=O)NC3CCCCC3)c3ccccc32)c1. The van der Waals surface area contributed by atoms with E-state index in [0.29, 0.717) is 19.1 Å². The van der Waals surface area contributed by atoms with Crippen molar-refractivity contribution in [2.75, 3.05) is 6.61 Å².